The highest BCUT2D eigenvalue weighted by molar-refractivity contribution is 5.83. The molecule has 1 saturated heterocycles. The van der Waals surface area contributed by atoms with E-state index in [4.69, 9.17) is 24.2 Å². The van der Waals surface area contributed by atoms with E-state index in [2.05, 4.69) is 42.7 Å². The molecule has 0 unspecified atom stereocenters. The Labute approximate surface area is 196 Å². The van der Waals surface area contributed by atoms with Crippen LogP contribution in [0.15, 0.2) is 24.3 Å². The quantitative estimate of drug-likeness (QED) is 0.555. The fourth-order valence-corrected chi connectivity index (χ4v) is 4.45. The number of hydrogen-bond donors (Lipinski definition) is 0. The minimum atomic E-state index is 0.675. The third-order valence-corrected chi connectivity index (χ3v) is 6.54. The second-order valence-corrected chi connectivity index (χ2v) is 8.70. The molecule has 2 aromatic carbocycles. The van der Waals surface area contributed by atoms with Gasteiger partial charge >= 0.3 is 0 Å². The van der Waals surface area contributed by atoms with Gasteiger partial charge in [-0.25, -0.2) is 9.97 Å². The topological polar surface area (TPSA) is 60.0 Å². The molecule has 33 heavy (non-hydrogen) atoms. The molecule has 3 aromatic rings. The first-order valence-electron chi connectivity index (χ1n) is 11.4. The highest BCUT2D eigenvalue weighted by atomic mass is 16.5. The SMILES string of the molecule is COc1cc(OC)c(OC)cc1CN1CCCN(c2nc(C)c3cc(C)c(C)cc3n2)CC1. The van der Waals surface area contributed by atoms with Gasteiger partial charge in [0.2, 0.25) is 5.95 Å². The molecule has 4 rings (SSSR count). The molecule has 7 heteroatoms. The van der Waals surface area contributed by atoms with E-state index in [0.29, 0.717) is 5.75 Å². The van der Waals surface area contributed by atoms with Crippen LogP contribution in [0.5, 0.6) is 17.2 Å². The number of benzene rings is 2. The second-order valence-electron chi connectivity index (χ2n) is 8.70. The smallest absolute Gasteiger partial charge is 0.226 e. The van der Waals surface area contributed by atoms with Gasteiger partial charge in [0.15, 0.2) is 11.5 Å². The Morgan fingerprint density at radius 1 is 0.758 bits per heavy atom. The molecule has 0 saturated carbocycles. The van der Waals surface area contributed by atoms with Crippen LogP contribution in [0, 0.1) is 20.8 Å². The molecule has 0 radical (unpaired) electrons. The highest BCUT2D eigenvalue weighted by Crippen LogP contribution is 2.35. The van der Waals surface area contributed by atoms with Crippen LogP contribution in [-0.2, 0) is 6.54 Å². The van der Waals surface area contributed by atoms with E-state index in [-0.39, 0.29) is 0 Å². The van der Waals surface area contributed by atoms with Gasteiger partial charge in [-0.05, 0) is 56.5 Å². The molecular weight excluding hydrogens is 416 g/mol. The molecular formula is C26H34N4O3. The van der Waals surface area contributed by atoms with Crippen molar-refractivity contribution in [3.05, 3.63) is 46.6 Å². The molecule has 0 spiro atoms. The molecule has 1 aliphatic heterocycles. The zero-order valence-electron chi connectivity index (χ0n) is 20.6. The lowest BCUT2D eigenvalue weighted by atomic mass is 10.1. The van der Waals surface area contributed by atoms with Crippen molar-refractivity contribution in [1.29, 1.82) is 0 Å². The molecule has 0 N–H and O–H groups in total. The van der Waals surface area contributed by atoms with Crippen molar-refractivity contribution in [3.8, 4) is 17.2 Å². The maximum Gasteiger partial charge on any atom is 0.226 e. The predicted octanol–water partition coefficient (Wildman–Crippen LogP) is 4.29. The molecule has 0 bridgehead atoms. The molecule has 1 aromatic heterocycles. The number of anilines is 1. The van der Waals surface area contributed by atoms with Gasteiger partial charge in [-0.2, -0.15) is 0 Å². The third kappa shape index (κ3) is 4.83. The van der Waals surface area contributed by atoms with E-state index in [9.17, 15) is 0 Å². The molecule has 7 nitrogen and oxygen atoms in total. The summed E-state index contributed by atoms with van der Waals surface area (Å²) in [5.41, 5.74) is 5.69. The van der Waals surface area contributed by atoms with Crippen molar-refractivity contribution >= 4 is 16.9 Å². The summed E-state index contributed by atoms with van der Waals surface area (Å²) in [6, 6.07) is 8.29. The average molecular weight is 451 g/mol. The van der Waals surface area contributed by atoms with Crippen molar-refractivity contribution in [2.24, 2.45) is 0 Å². The molecule has 176 valence electrons. The monoisotopic (exact) mass is 450 g/mol. The lowest BCUT2D eigenvalue weighted by Crippen LogP contribution is -2.31. The molecule has 0 aliphatic carbocycles. The highest BCUT2D eigenvalue weighted by Gasteiger charge is 2.20. The Balaban J connectivity index is 1.52. The minimum absolute atomic E-state index is 0.675. The van der Waals surface area contributed by atoms with Gasteiger partial charge in [0.25, 0.3) is 0 Å². The van der Waals surface area contributed by atoms with Gasteiger partial charge in [0.05, 0.1) is 32.5 Å². The first kappa shape index (κ1) is 23.1. The maximum absolute atomic E-state index is 5.63. The Bertz CT molecular complexity index is 1150. The summed E-state index contributed by atoms with van der Waals surface area (Å²) < 4.78 is 16.6. The van der Waals surface area contributed by atoms with Crippen LogP contribution in [0.2, 0.25) is 0 Å². The zero-order chi connectivity index (χ0) is 23.5. The van der Waals surface area contributed by atoms with Gasteiger partial charge in [-0.1, -0.05) is 0 Å². The Morgan fingerprint density at radius 3 is 2.18 bits per heavy atom. The number of aryl methyl sites for hydroxylation is 3. The summed E-state index contributed by atoms with van der Waals surface area (Å²) >= 11 is 0. The number of nitrogens with zero attached hydrogens (tertiary/aromatic N) is 4. The van der Waals surface area contributed by atoms with E-state index in [1.165, 1.54) is 11.1 Å². The Hall–Kier alpha value is -3.06. The standard InChI is InChI=1S/C26H34N4O3/c1-17-12-21-19(3)27-26(28-22(21)13-18(17)2)30-9-7-8-29(10-11-30)16-20-14-24(32-5)25(33-6)15-23(20)31-4/h12-15H,7-11,16H2,1-6H3. The van der Waals surface area contributed by atoms with Crippen LogP contribution < -0.4 is 19.1 Å². The van der Waals surface area contributed by atoms with E-state index >= 15 is 0 Å². The van der Waals surface area contributed by atoms with Crippen LogP contribution in [0.25, 0.3) is 10.9 Å². The molecule has 1 fully saturated rings. The fourth-order valence-electron chi connectivity index (χ4n) is 4.45. The van der Waals surface area contributed by atoms with Gasteiger partial charge in [-0.15, -0.1) is 0 Å². The van der Waals surface area contributed by atoms with E-state index in [1.807, 2.05) is 12.1 Å². The average Bonchev–Trinajstić information content (AvgIpc) is 3.05. The van der Waals surface area contributed by atoms with E-state index in [0.717, 1.165) is 78.8 Å². The van der Waals surface area contributed by atoms with Crippen LogP contribution >= 0.6 is 0 Å². The normalized spacial score (nSPS) is 14.9. The molecule has 0 atom stereocenters. The summed E-state index contributed by atoms with van der Waals surface area (Å²) in [4.78, 5) is 14.6. The number of rotatable bonds is 6. The van der Waals surface area contributed by atoms with Crippen molar-refractivity contribution in [3.63, 3.8) is 0 Å². The molecule has 0 amide bonds. The van der Waals surface area contributed by atoms with E-state index < -0.39 is 0 Å². The number of fused-ring (bicyclic) bond motifs is 1. The van der Waals surface area contributed by atoms with Crippen molar-refractivity contribution in [1.82, 2.24) is 14.9 Å². The number of hydrogen-bond acceptors (Lipinski definition) is 7. The van der Waals surface area contributed by atoms with Crippen LogP contribution in [-0.4, -0.2) is 62.4 Å². The van der Waals surface area contributed by atoms with Crippen molar-refractivity contribution < 1.29 is 14.2 Å². The van der Waals surface area contributed by atoms with Crippen LogP contribution in [0.4, 0.5) is 5.95 Å². The largest absolute Gasteiger partial charge is 0.496 e. The zero-order valence-corrected chi connectivity index (χ0v) is 20.6. The molecule has 1 aliphatic rings. The van der Waals surface area contributed by atoms with Gasteiger partial charge in [0, 0.05) is 49.7 Å². The lowest BCUT2D eigenvalue weighted by molar-refractivity contribution is 0.277. The maximum atomic E-state index is 5.63. The minimum Gasteiger partial charge on any atom is -0.496 e. The number of methoxy groups -OCH3 is 3. The lowest BCUT2D eigenvalue weighted by Gasteiger charge is -2.23. The summed E-state index contributed by atoms with van der Waals surface area (Å²) in [6.07, 6.45) is 1.04. The van der Waals surface area contributed by atoms with Gasteiger partial charge in [-0.3, -0.25) is 4.90 Å². The Kier molecular flexibility index (Phi) is 6.88. The predicted molar refractivity (Wildman–Crippen MR) is 132 cm³/mol. The number of ether oxygens (including phenoxy) is 3. The summed E-state index contributed by atoms with van der Waals surface area (Å²) in [7, 11) is 4.99. The summed E-state index contributed by atoms with van der Waals surface area (Å²) in [5.74, 6) is 3.03. The summed E-state index contributed by atoms with van der Waals surface area (Å²) in [5, 5.41) is 1.14. The first-order valence-corrected chi connectivity index (χ1v) is 11.4. The number of aromatic nitrogens is 2. The van der Waals surface area contributed by atoms with E-state index in [1.54, 1.807) is 21.3 Å². The van der Waals surface area contributed by atoms with Crippen LogP contribution in [0.3, 0.4) is 0 Å². The van der Waals surface area contributed by atoms with Crippen molar-refractivity contribution in [2.45, 2.75) is 33.7 Å². The second kappa shape index (κ2) is 9.83. The van der Waals surface area contributed by atoms with Gasteiger partial charge in [0.1, 0.15) is 5.75 Å². The fraction of sp³-hybridized carbons (Fsp3) is 0.462. The first-order chi connectivity index (χ1) is 15.9. The Morgan fingerprint density at radius 2 is 1.45 bits per heavy atom. The van der Waals surface area contributed by atoms with Gasteiger partial charge < -0.3 is 19.1 Å². The summed E-state index contributed by atoms with van der Waals surface area (Å²) in [6.45, 7) is 10.9. The molecule has 2 heterocycles. The third-order valence-electron chi connectivity index (χ3n) is 6.54. The van der Waals surface area contributed by atoms with Crippen LogP contribution in [0.1, 0.15) is 28.8 Å². The van der Waals surface area contributed by atoms with Crippen molar-refractivity contribution in [2.75, 3.05) is 52.4 Å².